The van der Waals surface area contributed by atoms with Crippen molar-refractivity contribution in [3.8, 4) is 0 Å². The molecule has 8 nitrogen and oxygen atoms in total. The van der Waals surface area contributed by atoms with Crippen molar-refractivity contribution in [3.63, 3.8) is 0 Å². The fourth-order valence-electron chi connectivity index (χ4n) is 4.25. The van der Waals surface area contributed by atoms with Crippen molar-refractivity contribution < 1.29 is 22.7 Å². The van der Waals surface area contributed by atoms with E-state index in [4.69, 9.17) is 4.74 Å². The molecule has 32 heavy (non-hydrogen) atoms. The minimum absolute atomic E-state index is 0.142. The lowest BCUT2D eigenvalue weighted by molar-refractivity contribution is -0.126. The van der Waals surface area contributed by atoms with Crippen LogP contribution in [0.5, 0.6) is 0 Å². The number of amides is 2. The van der Waals surface area contributed by atoms with Crippen LogP contribution in [0.2, 0.25) is 0 Å². The topological polar surface area (TPSA) is 96.0 Å². The van der Waals surface area contributed by atoms with Crippen LogP contribution in [0.15, 0.2) is 23.1 Å². The normalized spacial score (nSPS) is 19.2. The highest BCUT2D eigenvalue weighted by atomic mass is 32.2. The van der Waals surface area contributed by atoms with E-state index in [1.165, 1.54) is 9.21 Å². The summed E-state index contributed by atoms with van der Waals surface area (Å²) >= 11 is 0. The number of sulfonamides is 1. The molecule has 1 saturated heterocycles. The highest BCUT2D eigenvalue weighted by molar-refractivity contribution is 7.89. The molecule has 2 aliphatic rings. The Morgan fingerprint density at radius 2 is 1.91 bits per heavy atom. The van der Waals surface area contributed by atoms with Crippen molar-refractivity contribution in [2.75, 3.05) is 31.1 Å². The van der Waals surface area contributed by atoms with Gasteiger partial charge in [-0.05, 0) is 56.9 Å². The summed E-state index contributed by atoms with van der Waals surface area (Å²) in [5.41, 5.74) is 1.34. The van der Waals surface area contributed by atoms with Crippen molar-refractivity contribution in [2.45, 2.75) is 76.3 Å². The van der Waals surface area contributed by atoms with Gasteiger partial charge in [0.2, 0.25) is 21.8 Å². The summed E-state index contributed by atoms with van der Waals surface area (Å²) in [6.07, 6.45) is 4.18. The molecule has 1 fully saturated rings. The third kappa shape index (κ3) is 5.50. The fraction of sp³-hybridized carbons (Fsp3) is 0.652. The molecule has 1 aromatic carbocycles. The van der Waals surface area contributed by atoms with Gasteiger partial charge in [0.15, 0.2) is 0 Å². The first kappa shape index (κ1) is 24.7. The molecular formula is C23H35N3O5S. The number of nitrogens with one attached hydrogen (secondary N) is 1. The minimum atomic E-state index is -3.58. The van der Waals surface area contributed by atoms with E-state index in [0.717, 1.165) is 19.3 Å². The van der Waals surface area contributed by atoms with E-state index >= 15 is 0 Å². The van der Waals surface area contributed by atoms with Crippen LogP contribution >= 0.6 is 0 Å². The van der Waals surface area contributed by atoms with Gasteiger partial charge in [-0.2, -0.15) is 4.31 Å². The average Bonchev–Trinajstić information content (AvgIpc) is 3.17. The van der Waals surface area contributed by atoms with Gasteiger partial charge in [-0.25, -0.2) is 8.42 Å². The van der Waals surface area contributed by atoms with Crippen LogP contribution in [0.3, 0.4) is 0 Å². The molecule has 2 aliphatic heterocycles. The maximum Gasteiger partial charge on any atom is 0.243 e. The highest BCUT2D eigenvalue weighted by Crippen LogP contribution is 2.35. The summed E-state index contributed by atoms with van der Waals surface area (Å²) in [6.45, 7) is 7.76. The van der Waals surface area contributed by atoms with Gasteiger partial charge in [0.1, 0.15) is 6.04 Å². The fourth-order valence-corrected chi connectivity index (χ4v) is 5.82. The third-order valence-corrected chi connectivity index (χ3v) is 7.83. The highest BCUT2D eigenvalue weighted by Gasteiger charge is 2.38. The van der Waals surface area contributed by atoms with Crippen LogP contribution in [0.1, 0.15) is 58.4 Å². The molecule has 2 amide bonds. The standard InChI is InChI=1S/C23H35N3O5S/c1-4-22(27)26-20-10-9-19(32(29,30)25-12-6-5-7-13-25)15-18(20)16-21(26)23(28)24-11-8-14-31-17(2)3/h9-10,15,17,21H,4-8,11-14,16H2,1-3H3,(H,24,28)/t21-/m1/s1. The number of carbonyl (C=O) groups is 2. The smallest absolute Gasteiger partial charge is 0.243 e. The lowest BCUT2D eigenvalue weighted by atomic mass is 10.1. The number of benzene rings is 1. The van der Waals surface area contributed by atoms with Gasteiger partial charge in [0, 0.05) is 44.8 Å². The van der Waals surface area contributed by atoms with E-state index in [1.54, 1.807) is 25.1 Å². The predicted octanol–water partition coefficient (Wildman–Crippen LogP) is 2.46. The first-order valence-corrected chi connectivity index (χ1v) is 13.0. The van der Waals surface area contributed by atoms with E-state index in [0.29, 0.717) is 50.3 Å². The Labute approximate surface area is 191 Å². The number of hydrogen-bond acceptors (Lipinski definition) is 5. The SMILES string of the molecule is CCC(=O)N1c2ccc(S(=O)(=O)N3CCCCC3)cc2C[C@@H]1C(=O)NCCCOC(C)C. The van der Waals surface area contributed by atoms with Crippen molar-refractivity contribution in [1.82, 2.24) is 9.62 Å². The monoisotopic (exact) mass is 465 g/mol. The average molecular weight is 466 g/mol. The molecule has 0 bridgehead atoms. The zero-order valence-corrected chi connectivity index (χ0v) is 20.1. The van der Waals surface area contributed by atoms with Crippen molar-refractivity contribution in [1.29, 1.82) is 0 Å². The van der Waals surface area contributed by atoms with Gasteiger partial charge in [-0.15, -0.1) is 0 Å². The number of piperidine rings is 1. The van der Waals surface area contributed by atoms with Gasteiger partial charge in [-0.1, -0.05) is 13.3 Å². The van der Waals surface area contributed by atoms with Gasteiger partial charge >= 0.3 is 0 Å². The number of rotatable bonds is 9. The number of carbonyl (C=O) groups excluding carboxylic acids is 2. The molecule has 9 heteroatoms. The minimum Gasteiger partial charge on any atom is -0.379 e. The summed E-state index contributed by atoms with van der Waals surface area (Å²) in [4.78, 5) is 27.3. The molecule has 0 saturated carbocycles. The summed E-state index contributed by atoms with van der Waals surface area (Å²) in [5, 5.41) is 2.90. The van der Waals surface area contributed by atoms with E-state index in [9.17, 15) is 18.0 Å². The van der Waals surface area contributed by atoms with Crippen LogP contribution in [0.25, 0.3) is 0 Å². The largest absolute Gasteiger partial charge is 0.379 e. The van der Waals surface area contributed by atoms with E-state index in [1.807, 2.05) is 13.8 Å². The first-order valence-electron chi connectivity index (χ1n) is 11.6. The second-order valence-electron chi connectivity index (χ2n) is 8.66. The Morgan fingerprint density at radius 1 is 1.19 bits per heavy atom. The Balaban J connectivity index is 1.76. The Hall–Kier alpha value is -1.97. The van der Waals surface area contributed by atoms with Crippen LogP contribution in [0.4, 0.5) is 5.69 Å². The van der Waals surface area contributed by atoms with Gasteiger partial charge in [0.25, 0.3) is 0 Å². The summed E-state index contributed by atoms with van der Waals surface area (Å²) < 4.78 is 33.2. The zero-order chi connectivity index (χ0) is 23.3. The van der Waals surface area contributed by atoms with Crippen molar-refractivity contribution in [2.24, 2.45) is 0 Å². The van der Waals surface area contributed by atoms with Crippen LogP contribution in [0, 0.1) is 0 Å². The Morgan fingerprint density at radius 3 is 2.56 bits per heavy atom. The second-order valence-corrected chi connectivity index (χ2v) is 10.6. The van der Waals surface area contributed by atoms with Crippen molar-refractivity contribution >= 4 is 27.5 Å². The Bertz CT molecular complexity index is 926. The molecule has 3 rings (SSSR count). The Kier molecular flexibility index (Phi) is 8.30. The van der Waals surface area contributed by atoms with E-state index in [-0.39, 0.29) is 29.2 Å². The summed E-state index contributed by atoms with van der Waals surface area (Å²) in [7, 11) is -3.58. The zero-order valence-electron chi connectivity index (χ0n) is 19.3. The second kappa shape index (κ2) is 10.8. The number of fused-ring (bicyclic) bond motifs is 1. The number of hydrogen-bond donors (Lipinski definition) is 1. The molecule has 0 radical (unpaired) electrons. The lowest BCUT2D eigenvalue weighted by Crippen LogP contribution is -2.48. The number of nitrogens with zero attached hydrogens (tertiary/aromatic N) is 2. The molecule has 0 aromatic heterocycles. The quantitative estimate of drug-likeness (QED) is 0.565. The molecule has 1 atom stereocenters. The van der Waals surface area contributed by atoms with Crippen LogP contribution < -0.4 is 10.2 Å². The lowest BCUT2D eigenvalue weighted by Gasteiger charge is -2.26. The van der Waals surface area contributed by atoms with Gasteiger partial charge in [0.05, 0.1) is 11.0 Å². The molecule has 0 aliphatic carbocycles. The van der Waals surface area contributed by atoms with Crippen LogP contribution in [-0.4, -0.2) is 62.9 Å². The molecule has 1 N–H and O–H groups in total. The predicted molar refractivity (Wildman–Crippen MR) is 123 cm³/mol. The van der Waals surface area contributed by atoms with Gasteiger partial charge < -0.3 is 10.1 Å². The third-order valence-electron chi connectivity index (χ3n) is 5.93. The van der Waals surface area contributed by atoms with Crippen molar-refractivity contribution in [3.05, 3.63) is 23.8 Å². The van der Waals surface area contributed by atoms with Gasteiger partial charge in [-0.3, -0.25) is 14.5 Å². The van der Waals surface area contributed by atoms with E-state index in [2.05, 4.69) is 5.32 Å². The first-order chi connectivity index (χ1) is 15.3. The molecular weight excluding hydrogens is 430 g/mol. The molecule has 2 heterocycles. The molecule has 0 unspecified atom stereocenters. The molecule has 178 valence electrons. The molecule has 0 spiro atoms. The maximum absolute atomic E-state index is 13.1. The molecule has 1 aromatic rings. The van der Waals surface area contributed by atoms with Crippen LogP contribution in [-0.2, 0) is 30.8 Å². The summed E-state index contributed by atoms with van der Waals surface area (Å²) in [5.74, 6) is -0.383. The maximum atomic E-state index is 13.1. The number of anilines is 1. The number of ether oxygens (including phenoxy) is 1. The van der Waals surface area contributed by atoms with E-state index < -0.39 is 16.1 Å². The summed E-state index contributed by atoms with van der Waals surface area (Å²) in [6, 6.07) is 4.20.